The van der Waals surface area contributed by atoms with Crippen LogP contribution in [0.3, 0.4) is 0 Å². The Balaban J connectivity index is 3.96. The van der Waals surface area contributed by atoms with Crippen LogP contribution in [0, 0.1) is 17.2 Å². The number of hydrogen-bond donors (Lipinski definition) is 1. The maximum absolute atomic E-state index is 9.25. The van der Waals surface area contributed by atoms with Crippen molar-refractivity contribution < 1.29 is 4.74 Å². The quantitative estimate of drug-likeness (QED) is 0.630. The van der Waals surface area contributed by atoms with Gasteiger partial charge in [0.15, 0.2) is 0 Å². The van der Waals surface area contributed by atoms with Gasteiger partial charge in [-0.2, -0.15) is 5.26 Å². The van der Waals surface area contributed by atoms with E-state index in [1.807, 2.05) is 6.92 Å². The predicted octanol–water partition coefficient (Wildman–Crippen LogP) is 3.11. The summed E-state index contributed by atoms with van der Waals surface area (Å²) in [5, 5.41) is 12.5. The Morgan fingerprint density at radius 2 is 1.94 bits per heavy atom. The molecule has 0 heterocycles. The van der Waals surface area contributed by atoms with Crippen molar-refractivity contribution >= 4 is 0 Å². The zero-order valence-corrected chi connectivity index (χ0v) is 12.0. The highest BCUT2D eigenvalue weighted by Gasteiger charge is 2.25. The lowest BCUT2D eigenvalue weighted by Crippen LogP contribution is -2.43. The van der Waals surface area contributed by atoms with Gasteiger partial charge in [-0.25, -0.2) is 0 Å². The van der Waals surface area contributed by atoms with Crippen LogP contribution >= 0.6 is 0 Å². The molecule has 0 aliphatic carbocycles. The molecule has 3 nitrogen and oxygen atoms in total. The minimum atomic E-state index is -0.362. The number of nitrogens with zero attached hydrogens (tertiary/aromatic N) is 1. The molecule has 0 spiro atoms. The third-order valence-corrected chi connectivity index (χ3v) is 3.40. The molecule has 3 heteroatoms. The predicted molar refractivity (Wildman–Crippen MR) is 71.8 cm³/mol. The molecule has 0 amide bonds. The first-order chi connectivity index (χ1) is 8.01. The zero-order valence-electron chi connectivity index (χ0n) is 12.0. The second-order valence-electron chi connectivity index (χ2n) is 5.00. The Hall–Kier alpha value is -0.590. The lowest BCUT2D eigenvalue weighted by Gasteiger charge is -2.26. The molecular formula is C14H28N2O. The molecule has 0 aliphatic heterocycles. The van der Waals surface area contributed by atoms with Gasteiger partial charge in [0, 0.05) is 6.61 Å². The number of nitriles is 1. The molecule has 0 saturated carbocycles. The van der Waals surface area contributed by atoms with Gasteiger partial charge in [-0.1, -0.05) is 27.7 Å². The van der Waals surface area contributed by atoms with Crippen molar-refractivity contribution in [2.75, 3.05) is 13.2 Å². The van der Waals surface area contributed by atoms with E-state index in [4.69, 9.17) is 4.74 Å². The van der Waals surface area contributed by atoms with E-state index in [1.165, 1.54) is 0 Å². The minimum Gasteiger partial charge on any atom is -0.378 e. The summed E-state index contributed by atoms with van der Waals surface area (Å²) < 4.78 is 5.73. The van der Waals surface area contributed by atoms with E-state index < -0.39 is 0 Å². The molecule has 0 rings (SSSR count). The first kappa shape index (κ1) is 16.4. The van der Waals surface area contributed by atoms with Crippen molar-refractivity contribution in [1.82, 2.24) is 5.32 Å². The van der Waals surface area contributed by atoms with E-state index in [9.17, 15) is 5.26 Å². The van der Waals surface area contributed by atoms with Crippen molar-refractivity contribution in [3.8, 4) is 6.07 Å². The Morgan fingerprint density at radius 3 is 2.35 bits per heavy atom. The summed E-state index contributed by atoms with van der Waals surface area (Å²) in [5.74, 6) is 0.552. The average Bonchev–Trinajstić information content (AvgIpc) is 2.32. The van der Waals surface area contributed by atoms with Crippen LogP contribution in [0.4, 0.5) is 0 Å². The number of hydrogen-bond acceptors (Lipinski definition) is 3. The first-order valence-corrected chi connectivity index (χ1v) is 6.79. The van der Waals surface area contributed by atoms with Gasteiger partial charge in [0.1, 0.15) is 5.54 Å². The summed E-state index contributed by atoms with van der Waals surface area (Å²) in [7, 11) is 0. The van der Waals surface area contributed by atoms with Gasteiger partial charge in [-0.3, -0.25) is 5.32 Å². The van der Waals surface area contributed by atoms with Crippen LogP contribution in [-0.4, -0.2) is 24.8 Å². The van der Waals surface area contributed by atoms with Crippen LogP contribution in [0.5, 0.6) is 0 Å². The third-order valence-electron chi connectivity index (χ3n) is 3.40. The molecule has 0 aromatic rings. The molecule has 0 saturated heterocycles. The van der Waals surface area contributed by atoms with E-state index in [0.29, 0.717) is 12.0 Å². The van der Waals surface area contributed by atoms with Crippen LogP contribution in [0.1, 0.15) is 53.9 Å². The second-order valence-corrected chi connectivity index (χ2v) is 5.00. The normalized spacial score (nSPS) is 16.5. The standard InChI is InChI=1S/C14H28N2O/c1-6-14(11-15,16-7-2)9-8-10-17-13(5)12(3)4/h12-13,16H,6-10H2,1-5H3. The fourth-order valence-corrected chi connectivity index (χ4v) is 1.74. The van der Waals surface area contributed by atoms with Gasteiger partial charge in [0.25, 0.3) is 0 Å². The number of ether oxygens (including phenoxy) is 1. The highest BCUT2D eigenvalue weighted by molar-refractivity contribution is 5.05. The van der Waals surface area contributed by atoms with E-state index in [0.717, 1.165) is 32.4 Å². The van der Waals surface area contributed by atoms with Gasteiger partial charge >= 0.3 is 0 Å². The first-order valence-electron chi connectivity index (χ1n) is 6.79. The van der Waals surface area contributed by atoms with Gasteiger partial charge < -0.3 is 4.74 Å². The molecule has 0 fully saturated rings. The van der Waals surface area contributed by atoms with Crippen molar-refractivity contribution in [3.63, 3.8) is 0 Å². The van der Waals surface area contributed by atoms with Crippen LogP contribution < -0.4 is 5.32 Å². The van der Waals surface area contributed by atoms with Gasteiger partial charge in [0.05, 0.1) is 12.2 Å². The van der Waals surface area contributed by atoms with Crippen molar-refractivity contribution in [3.05, 3.63) is 0 Å². The fraction of sp³-hybridized carbons (Fsp3) is 0.929. The number of rotatable bonds is 9. The Labute approximate surface area is 107 Å². The molecule has 0 radical (unpaired) electrons. The highest BCUT2D eigenvalue weighted by atomic mass is 16.5. The second kappa shape index (κ2) is 8.49. The topological polar surface area (TPSA) is 45.0 Å². The molecule has 2 atom stereocenters. The Bertz CT molecular complexity index is 235. The SMILES string of the molecule is CCNC(C#N)(CC)CCCOC(C)C(C)C. The van der Waals surface area contributed by atoms with Crippen molar-refractivity contribution in [2.24, 2.45) is 5.92 Å². The molecule has 0 aromatic heterocycles. The van der Waals surface area contributed by atoms with E-state index in [-0.39, 0.29) is 5.54 Å². The molecule has 0 aromatic carbocycles. The van der Waals surface area contributed by atoms with Gasteiger partial charge in [-0.05, 0) is 38.6 Å². The monoisotopic (exact) mass is 240 g/mol. The average molecular weight is 240 g/mol. The van der Waals surface area contributed by atoms with E-state index >= 15 is 0 Å². The summed E-state index contributed by atoms with van der Waals surface area (Å²) in [6.45, 7) is 12.1. The molecule has 0 bridgehead atoms. The summed E-state index contributed by atoms with van der Waals surface area (Å²) >= 11 is 0. The van der Waals surface area contributed by atoms with Crippen LogP contribution in [0.2, 0.25) is 0 Å². The molecule has 100 valence electrons. The number of nitrogens with one attached hydrogen (secondary N) is 1. The van der Waals surface area contributed by atoms with Gasteiger partial charge in [-0.15, -0.1) is 0 Å². The van der Waals surface area contributed by atoms with Crippen LogP contribution in [-0.2, 0) is 4.74 Å². The lowest BCUT2D eigenvalue weighted by molar-refractivity contribution is 0.0312. The largest absolute Gasteiger partial charge is 0.378 e. The molecule has 17 heavy (non-hydrogen) atoms. The summed E-state index contributed by atoms with van der Waals surface area (Å²) in [6, 6.07) is 2.41. The summed E-state index contributed by atoms with van der Waals surface area (Å²) in [4.78, 5) is 0. The van der Waals surface area contributed by atoms with Crippen molar-refractivity contribution in [1.29, 1.82) is 5.26 Å². The van der Waals surface area contributed by atoms with Crippen LogP contribution in [0.15, 0.2) is 0 Å². The molecule has 1 N–H and O–H groups in total. The molecule has 2 unspecified atom stereocenters. The highest BCUT2D eigenvalue weighted by Crippen LogP contribution is 2.17. The van der Waals surface area contributed by atoms with E-state index in [1.54, 1.807) is 0 Å². The smallest absolute Gasteiger partial charge is 0.106 e. The summed E-state index contributed by atoms with van der Waals surface area (Å²) in [6.07, 6.45) is 2.94. The molecule has 0 aliphatic rings. The Kier molecular flexibility index (Phi) is 8.20. The van der Waals surface area contributed by atoms with Crippen molar-refractivity contribution in [2.45, 2.75) is 65.5 Å². The molecular weight excluding hydrogens is 212 g/mol. The zero-order chi connectivity index (χ0) is 13.3. The fourth-order valence-electron chi connectivity index (χ4n) is 1.74. The maximum Gasteiger partial charge on any atom is 0.106 e. The lowest BCUT2D eigenvalue weighted by atomic mass is 9.92. The summed E-state index contributed by atoms with van der Waals surface area (Å²) in [5.41, 5.74) is -0.362. The maximum atomic E-state index is 9.25. The minimum absolute atomic E-state index is 0.298. The third kappa shape index (κ3) is 6.05. The van der Waals surface area contributed by atoms with E-state index in [2.05, 4.69) is 39.1 Å². The Morgan fingerprint density at radius 1 is 1.29 bits per heavy atom. The van der Waals surface area contributed by atoms with Gasteiger partial charge in [0.2, 0.25) is 0 Å². The van der Waals surface area contributed by atoms with Crippen LogP contribution in [0.25, 0.3) is 0 Å².